The lowest BCUT2D eigenvalue weighted by atomic mass is 10.0. The minimum absolute atomic E-state index is 0.0871. The summed E-state index contributed by atoms with van der Waals surface area (Å²) in [7, 11) is 1.47. The molecule has 1 rings (SSSR count). The summed E-state index contributed by atoms with van der Waals surface area (Å²) < 4.78 is 18.8. The van der Waals surface area contributed by atoms with Crippen LogP contribution in [0, 0.1) is 5.82 Å². The Kier molecular flexibility index (Phi) is 6.32. The van der Waals surface area contributed by atoms with Crippen molar-refractivity contribution in [3.05, 3.63) is 29.6 Å². The van der Waals surface area contributed by atoms with Crippen molar-refractivity contribution < 1.29 is 9.13 Å². The fraction of sp³-hybridized carbons (Fsp3) is 0.500. The number of hydrogen-bond donors (Lipinski definition) is 2. The quantitative estimate of drug-likeness (QED) is 0.580. The molecule has 96 valence electrons. The zero-order chi connectivity index (χ0) is 12.7. The Bertz CT molecular complexity index is 349. The summed E-state index contributed by atoms with van der Waals surface area (Å²) in [6, 6.07) is 5.26. The molecule has 0 heterocycles. The SMILES string of the molecule is COc1cccc(CC(CCSC)NN)c1F. The Hall–Kier alpha value is -0.780. The van der Waals surface area contributed by atoms with Crippen LogP contribution in [0.25, 0.3) is 0 Å². The van der Waals surface area contributed by atoms with Gasteiger partial charge in [-0.1, -0.05) is 12.1 Å². The normalized spacial score (nSPS) is 12.5. The van der Waals surface area contributed by atoms with E-state index in [-0.39, 0.29) is 17.6 Å². The van der Waals surface area contributed by atoms with Gasteiger partial charge in [-0.25, -0.2) is 4.39 Å². The highest BCUT2D eigenvalue weighted by Crippen LogP contribution is 2.21. The first-order valence-corrected chi connectivity index (χ1v) is 6.88. The zero-order valence-corrected chi connectivity index (χ0v) is 11.0. The van der Waals surface area contributed by atoms with E-state index >= 15 is 0 Å². The van der Waals surface area contributed by atoms with Crippen molar-refractivity contribution in [1.82, 2.24) is 5.43 Å². The fourth-order valence-corrected chi connectivity index (χ4v) is 2.16. The largest absolute Gasteiger partial charge is 0.494 e. The summed E-state index contributed by atoms with van der Waals surface area (Å²) >= 11 is 1.75. The molecule has 17 heavy (non-hydrogen) atoms. The number of nitrogens with two attached hydrogens (primary N) is 1. The standard InChI is InChI=1S/C12H19FN2OS/c1-16-11-5-3-4-9(12(11)13)8-10(15-14)6-7-17-2/h3-5,10,15H,6-8,14H2,1-2H3. The van der Waals surface area contributed by atoms with Crippen LogP contribution >= 0.6 is 11.8 Å². The van der Waals surface area contributed by atoms with Gasteiger partial charge in [-0.15, -0.1) is 0 Å². The Morgan fingerprint density at radius 3 is 2.88 bits per heavy atom. The predicted molar refractivity (Wildman–Crippen MR) is 70.8 cm³/mol. The number of methoxy groups -OCH3 is 1. The first kappa shape index (κ1) is 14.3. The summed E-state index contributed by atoms with van der Waals surface area (Å²) in [6.07, 6.45) is 3.52. The molecule has 0 saturated carbocycles. The number of ether oxygens (including phenoxy) is 1. The van der Waals surface area contributed by atoms with Crippen LogP contribution < -0.4 is 16.0 Å². The van der Waals surface area contributed by atoms with Crippen molar-refractivity contribution in [3.8, 4) is 5.75 Å². The number of halogens is 1. The Morgan fingerprint density at radius 1 is 1.53 bits per heavy atom. The van der Waals surface area contributed by atoms with E-state index in [0.717, 1.165) is 12.2 Å². The van der Waals surface area contributed by atoms with Crippen LogP contribution in [0.3, 0.4) is 0 Å². The van der Waals surface area contributed by atoms with Gasteiger partial charge in [0.15, 0.2) is 11.6 Å². The van der Waals surface area contributed by atoms with Crippen LogP contribution in [-0.2, 0) is 6.42 Å². The van der Waals surface area contributed by atoms with E-state index in [1.807, 2.05) is 6.26 Å². The van der Waals surface area contributed by atoms with E-state index < -0.39 is 0 Å². The topological polar surface area (TPSA) is 47.3 Å². The van der Waals surface area contributed by atoms with Crippen LogP contribution in [0.1, 0.15) is 12.0 Å². The first-order chi connectivity index (χ1) is 8.22. The van der Waals surface area contributed by atoms with Gasteiger partial charge in [0, 0.05) is 6.04 Å². The summed E-state index contributed by atoms with van der Waals surface area (Å²) in [5.41, 5.74) is 3.36. The summed E-state index contributed by atoms with van der Waals surface area (Å²) in [4.78, 5) is 0. The van der Waals surface area contributed by atoms with E-state index in [2.05, 4.69) is 5.43 Å². The molecule has 3 nitrogen and oxygen atoms in total. The van der Waals surface area contributed by atoms with Gasteiger partial charge in [0.05, 0.1) is 7.11 Å². The molecule has 0 amide bonds. The number of hydrogen-bond acceptors (Lipinski definition) is 4. The number of rotatable bonds is 7. The van der Waals surface area contributed by atoms with E-state index in [0.29, 0.717) is 12.0 Å². The molecule has 0 saturated heterocycles. The zero-order valence-electron chi connectivity index (χ0n) is 10.2. The molecule has 0 radical (unpaired) electrons. The molecule has 1 aromatic rings. The molecule has 1 aromatic carbocycles. The summed E-state index contributed by atoms with van der Waals surface area (Å²) in [5, 5.41) is 0. The van der Waals surface area contributed by atoms with E-state index in [1.54, 1.807) is 30.0 Å². The second kappa shape index (κ2) is 7.53. The maximum atomic E-state index is 13.9. The average molecular weight is 258 g/mol. The molecule has 0 spiro atoms. The van der Waals surface area contributed by atoms with Crippen molar-refractivity contribution in [2.24, 2.45) is 5.84 Å². The highest BCUT2D eigenvalue weighted by atomic mass is 32.2. The van der Waals surface area contributed by atoms with Gasteiger partial charge in [0.25, 0.3) is 0 Å². The molecule has 3 N–H and O–H groups in total. The van der Waals surface area contributed by atoms with Gasteiger partial charge >= 0.3 is 0 Å². The van der Waals surface area contributed by atoms with Crippen LogP contribution in [-0.4, -0.2) is 25.2 Å². The second-order valence-corrected chi connectivity index (χ2v) is 4.77. The molecule has 0 aliphatic heterocycles. The van der Waals surface area contributed by atoms with Crippen molar-refractivity contribution in [3.63, 3.8) is 0 Å². The smallest absolute Gasteiger partial charge is 0.168 e. The van der Waals surface area contributed by atoms with Crippen molar-refractivity contribution in [1.29, 1.82) is 0 Å². The highest BCUT2D eigenvalue weighted by molar-refractivity contribution is 7.98. The third kappa shape index (κ3) is 4.18. The maximum absolute atomic E-state index is 13.9. The number of nitrogens with one attached hydrogen (secondary N) is 1. The maximum Gasteiger partial charge on any atom is 0.168 e. The van der Waals surface area contributed by atoms with E-state index in [1.165, 1.54) is 7.11 Å². The molecule has 5 heteroatoms. The molecule has 0 aliphatic carbocycles. The van der Waals surface area contributed by atoms with Gasteiger partial charge in [-0.2, -0.15) is 11.8 Å². The van der Waals surface area contributed by atoms with E-state index in [4.69, 9.17) is 10.6 Å². The van der Waals surface area contributed by atoms with E-state index in [9.17, 15) is 4.39 Å². The van der Waals surface area contributed by atoms with Crippen LogP contribution in [0.15, 0.2) is 18.2 Å². The van der Waals surface area contributed by atoms with Gasteiger partial charge in [-0.3, -0.25) is 11.3 Å². The molecule has 0 bridgehead atoms. The Balaban J connectivity index is 2.72. The Labute approximate surface area is 106 Å². The average Bonchev–Trinajstić information content (AvgIpc) is 2.36. The second-order valence-electron chi connectivity index (χ2n) is 3.78. The van der Waals surface area contributed by atoms with Crippen LogP contribution in [0.5, 0.6) is 5.75 Å². The lowest BCUT2D eigenvalue weighted by molar-refractivity contribution is 0.382. The van der Waals surface area contributed by atoms with Gasteiger partial charge in [0.1, 0.15) is 0 Å². The highest BCUT2D eigenvalue weighted by Gasteiger charge is 2.13. The first-order valence-electron chi connectivity index (χ1n) is 5.49. The van der Waals surface area contributed by atoms with Crippen LogP contribution in [0.2, 0.25) is 0 Å². The molecule has 0 fully saturated rings. The number of thioether (sulfide) groups is 1. The summed E-state index contributed by atoms with van der Waals surface area (Å²) in [5.74, 6) is 6.46. The predicted octanol–water partition coefficient (Wildman–Crippen LogP) is 1.96. The lowest BCUT2D eigenvalue weighted by Crippen LogP contribution is -2.37. The van der Waals surface area contributed by atoms with Gasteiger partial charge < -0.3 is 4.74 Å². The third-order valence-corrected chi connectivity index (χ3v) is 3.28. The molecular formula is C12H19FN2OS. The monoisotopic (exact) mass is 258 g/mol. The summed E-state index contributed by atoms with van der Waals surface area (Å²) in [6.45, 7) is 0. The molecular weight excluding hydrogens is 239 g/mol. The fourth-order valence-electron chi connectivity index (χ4n) is 1.64. The molecule has 0 aliphatic rings. The van der Waals surface area contributed by atoms with Gasteiger partial charge in [-0.05, 0) is 36.5 Å². The number of hydrazine groups is 1. The molecule has 1 unspecified atom stereocenters. The molecule has 0 aromatic heterocycles. The third-order valence-electron chi connectivity index (χ3n) is 2.64. The van der Waals surface area contributed by atoms with Crippen LogP contribution in [0.4, 0.5) is 4.39 Å². The minimum Gasteiger partial charge on any atom is -0.494 e. The molecule has 1 atom stereocenters. The minimum atomic E-state index is -0.292. The van der Waals surface area contributed by atoms with Crippen molar-refractivity contribution in [2.45, 2.75) is 18.9 Å². The van der Waals surface area contributed by atoms with Crippen molar-refractivity contribution >= 4 is 11.8 Å². The van der Waals surface area contributed by atoms with Gasteiger partial charge in [0.2, 0.25) is 0 Å². The lowest BCUT2D eigenvalue weighted by Gasteiger charge is -2.16. The van der Waals surface area contributed by atoms with Crippen molar-refractivity contribution in [2.75, 3.05) is 19.1 Å². The number of benzene rings is 1. The Morgan fingerprint density at radius 2 is 2.29 bits per heavy atom.